The predicted molar refractivity (Wildman–Crippen MR) is 64.8 cm³/mol. The Kier molecular flexibility index (Phi) is 5.67. The summed E-state index contributed by atoms with van der Waals surface area (Å²) >= 11 is 0. The van der Waals surface area contributed by atoms with E-state index in [0.29, 0.717) is 6.54 Å². The first-order valence-electron chi connectivity index (χ1n) is 6.65. The van der Waals surface area contributed by atoms with Crippen LogP contribution in [0.5, 0.6) is 0 Å². The van der Waals surface area contributed by atoms with E-state index >= 15 is 0 Å². The first-order chi connectivity index (χ1) is 8.38. The molecule has 2 rings (SSSR count). The van der Waals surface area contributed by atoms with Gasteiger partial charge in [0.15, 0.2) is 6.29 Å². The lowest BCUT2D eigenvalue weighted by atomic mass is 10.2. The van der Waals surface area contributed by atoms with Gasteiger partial charge in [-0.25, -0.2) is 0 Å². The van der Waals surface area contributed by atoms with Gasteiger partial charge in [-0.05, 0) is 19.3 Å². The first-order valence-corrected chi connectivity index (χ1v) is 6.65. The van der Waals surface area contributed by atoms with Crippen LogP contribution in [0.1, 0.15) is 19.3 Å². The quantitative estimate of drug-likeness (QED) is 0.748. The zero-order valence-electron chi connectivity index (χ0n) is 10.5. The minimum absolute atomic E-state index is 0.0232. The van der Waals surface area contributed by atoms with E-state index in [4.69, 9.17) is 19.9 Å². The molecule has 17 heavy (non-hydrogen) atoms. The molecule has 0 amide bonds. The van der Waals surface area contributed by atoms with E-state index in [1.165, 1.54) is 12.8 Å². The smallest absolute Gasteiger partial charge is 0.157 e. The Labute approximate surface area is 103 Å². The molecule has 0 saturated carbocycles. The molecule has 0 aliphatic carbocycles. The number of hydrogen-bond acceptors (Lipinski definition) is 5. The summed E-state index contributed by atoms with van der Waals surface area (Å²) in [4.78, 5) is 2.35. The van der Waals surface area contributed by atoms with Gasteiger partial charge in [0.05, 0.1) is 19.3 Å². The maximum absolute atomic E-state index is 5.72. The average molecular weight is 244 g/mol. The summed E-state index contributed by atoms with van der Waals surface area (Å²) in [6.07, 6.45) is 3.64. The highest BCUT2D eigenvalue weighted by Crippen LogP contribution is 2.13. The van der Waals surface area contributed by atoms with Crippen LogP contribution in [0.2, 0.25) is 0 Å². The normalized spacial score (nSPS) is 31.6. The number of hydrogen-bond donors (Lipinski definition) is 1. The summed E-state index contributed by atoms with van der Waals surface area (Å²) in [5.41, 5.74) is 5.61. The fourth-order valence-electron chi connectivity index (χ4n) is 2.28. The number of ether oxygens (including phenoxy) is 3. The molecule has 2 saturated heterocycles. The minimum Gasteiger partial charge on any atom is -0.374 e. The zero-order chi connectivity index (χ0) is 11.9. The second-order valence-electron chi connectivity index (χ2n) is 4.70. The van der Waals surface area contributed by atoms with Crippen molar-refractivity contribution in [2.75, 3.05) is 46.0 Å². The van der Waals surface area contributed by atoms with Crippen molar-refractivity contribution in [2.45, 2.75) is 31.7 Å². The van der Waals surface area contributed by atoms with Crippen LogP contribution in [0.4, 0.5) is 0 Å². The molecule has 2 fully saturated rings. The van der Waals surface area contributed by atoms with Gasteiger partial charge < -0.3 is 19.9 Å². The second-order valence-corrected chi connectivity index (χ2v) is 4.70. The van der Waals surface area contributed by atoms with Gasteiger partial charge in [-0.15, -0.1) is 0 Å². The maximum atomic E-state index is 5.72. The Balaban J connectivity index is 1.57. The van der Waals surface area contributed by atoms with Crippen LogP contribution in [-0.4, -0.2) is 63.3 Å². The van der Waals surface area contributed by atoms with E-state index in [2.05, 4.69) is 4.90 Å². The highest BCUT2D eigenvalue weighted by atomic mass is 16.7. The average Bonchev–Trinajstić information content (AvgIpc) is 2.40. The fourth-order valence-corrected chi connectivity index (χ4v) is 2.28. The fraction of sp³-hybridized carbons (Fsp3) is 1.00. The van der Waals surface area contributed by atoms with Crippen LogP contribution < -0.4 is 5.73 Å². The van der Waals surface area contributed by atoms with Gasteiger partial charge in [-0.2, -0.15) is 0 Å². The zero-order valence-corrected chi connectivity index (χ0v) is 10.5. The van der Waals surface area contributed by atoms with Crippen molar-refractivity contribution in [2.24, 2.45) is 5.73 Å². The molecule has 0 bridgehead atoms. The van der Waals surface area contributed by atoms with Gasteiger partial charge in [0.25, 0.3) is 0 Å². The van der Waals surface area contributed by atoms with Crippen LogP contribution in [-0.2, 0) is 14.2 Å². The topological polar surface area (TPSA) is 57.0 Å². The van der Waals surface area contributed by atoms with E-state index in [1.54, 1.807) is 0 Å². The predicted octanol–water partition coefficient (Wildman–Crippen LogP) is 0.189. The van der Waals surface area contributed by atoms with Crippen LogP contribution in [0.3, 0.4) is 0 Å². The molecule has 2 atom stereocenters. The molecule has 2 unspecified atom stereocenters. The summed E-state index contributed by atoms with van der Waals surface area (Å²) < 4.78 is 16.8. The monoisotopic (exact) mass is 244 g/mol. The molecule has 5 nitrogen and oxygen atoms in total. The summed E-state index contributed by atoms with van der Waals surface area (Å²) in [5, 5.41) is 0. The highest BCUT2D eigenvalue weighted by molar-refractivity contribution is 4.71. The molecule has 2 N–H and O–H groups in total. The molecule has 100 valence electrons. The third-order valence-corrected chi connectivity index (χ3v) is 3.33. The summed E-state index contributed by atoms with van der Waals surface area (Å²) in [7, 11) is 0. The molecule has 5 heteroatoms. The second kappa shape index (κ2) is 7.28. The Hall–Kier alpha value is -0.200. The molecule has 2 aliphatic rings. The lowest BCUT2D eigenvalue weighted by Gasteiger charge is -2.32. The third kappa shape index (κ3) is 4.52. The molecule has 2 heterocycles. The number of rotatable bonds is 5. The van der Waals surface area contributed by atoms with Crippen molar-refractivity contribution in [3.05, 3.63) is 0 Å². The number of morpholine rings is 1. The van der Waals surface area contributed by atoms with Crippen LogP contribution in [0.15, 0.2) is 0 Å². The minimum atomic E-state index is 0.0232. The van der Waals surface area contributed by atoms with Gasteiger partial charge in [-0.1, -0.05) is 0 Å². The molecule has 0 radical (unpaired) electrons. The molecular weight excluding hydrogens is 220 g/mol. The van der Waals surface area contributed by atoms with E-state index in [-0.39, 0.29) is 12.4 Å². The van der Waals surface area contributed by atoms with Crippen molar-refractivity contribution in [3.63, 3.8) is 0 Å². The Morgan fingerprint density at radius 2 is 2.18 bits per heavy atom. The van der Waals surface area contributed by atoms with E-state index in [0.717, 1.165) is 45.9 Å². The van der Waals surface area contributed by atoms with E-state index < -0.39 is 0 Å². The summed E-state index contributed by atoms with van der Waals surface area (Å²) in [6, 6.07) is 0. The van der Waals surface area contributed by atoms with E-state index in [9.17, 15) is 0 Å². The Morgan fingerprint density at radius 1 is 1.24 bits per heavy atom. The van der Waals surface area contributed by atoms with Gasteiger partial charge >= 0.3 is 0 Å². The molecular formula is C12H24N2O3. The van der Waals surface area contributed by atoms with Crippen molar-refractivity contribution in [1.29, 1.82) is 0 Å². The standard InChI is InChI=1S/C12H24N2O3/c13-9-11-10-14(4-7-15-11)5-8-17-12-3-1-2-6-16-12/h11-12H,1-10,13H2. The lowest BCUT2D eigenvalue weighted by Crippen LogP contribution is -2.46. The Morgan fingerprint density at radius 3 is 2.94 bits per heavy atom. The third-order valence-electron chi connectivity index (χ3n) is 3.33. The molecule has 0 aromatic rings. The number of nitrogens with zero attached hydrogens (tertiary/aromatic N) is 1. The first kappa shape index (κ1) is 13.2. The van der Waals surface area contributed by atoms with Crippen molar-refractivity contribution in [3.8, 4) is 0 Å². The molecule has 0 aromatic carbocycles. The molecule has 2 aliphatic heterocycles. The van der Waals surface area contributed by atoms with Gasteiger partial charge in [0.1, 0.15) is 0 Å². The van der Waals surface area contributed by atoms with Crippen LogP contribution in [0.25, 0.3) is 0 Å². The van der Waals surface area contributed by atoms with Gasteiger partial charge in [0, 0.05) is 32.8 Å². The summed E-state index contributed by atoms with van der Waals surface area (Å²) in [6.45, 7) is 5.81. The van der Waals surface area contributed by atoms with Crippen molar-refractivity contribution < 1.29 is 14.2 Å². The van der Waals surface area contributed by atoms with Crippen molar-refractivity contribution in [1.82, 2.24) is 4.90 Å². The number of nitrogens with two attached hydrogens (primary N) is 1. The summed E-state index contributed by atoms with van der Waals surface area (Å²) in [5.74, 6) is 0. The van der Waals surface area contributed by atoms with Crippen LogP contribution in [0, 0.1) is 0 Å². The SMILES string of the molecule is NCC1CN(CCOC2CCCCO2)CCO1. The maximum Gasteiger partial charge on any atom is 0.157 e. The van der Waals surface area contributed by atoms with Crippen LogP contribution >= 0.6 is 0 Å². The Bertz CT molecular complexity index is 210. The largest absolute Gasteiger partial charge is 0.374 e. The highest BCUT2D eigenvalue weighted by Gasteiger charge is 2.19. The van der Waals surface area contributed by atoms with Gasteiger partial charge in [-0.3, -0.25) is 4.90 Å². The molecule has 0 spiro atoms. The lowest BCUT2D eigenvalue weighted by molar-refractivity contribution is -0.166. The van der Waals surface area contributed by atoms with Gasteiger partial charge in [0.2, 0.25) is 0 Å². The van der Waals surface area contributed by atoms with Crippen molar-refractivity contribution >= 4 is 0 Å². The molecule has 0 aromatic heterocycles. The van der Waals surface area contributed by atoms with E-state index in [1.807, 2.05) is 0 Å².